The normalized spacial score (nSPS) is 18.7. The molecule has 1 saturated heterocycles. The largest absolute Gasteiger partial charge is 0.493 e. The average Bonchev–Trinajstić information content (AvgIpc) is 3.56. The molecule has 2 fully saturated rings. The summed E-state index contributed by atoms with van der Waals surface area (Å²) in [4.78, 5) is 13.7. The van der Waals surface area contributed by atoms with Gasteiger partial charge in [-0.05, 0) is 92.9 Å². The fourth-order valence-electron chi connectivity index (χ4n) is 4.32. The third-order valence-corrected chi connectivity index (χ3v) is 6.82. The molecule has 1 aliphatic carbocycles. The number of hydrogen-bond acceptors (Lipinski definition) is 3. The molecule has 7 heteroatoms. The summed E-state index contributed by atoms with van der Waals surface area (Å²) < 4.78 is 20.2. The third-order valence-electron chi connectivity index (χ3n) is 6.39. The summed E-state index contributed by atoms with van der Waals surface area (Å²) in [6.07, 6.45) is 3.94. The van der Waals surface area contributed by atoms with Crippen LogP contribution >= 0.6 is 23.2 Å². The van der Waals surface area contributed by atoms with Crippen LogP contribution in [-0.2, 0) is 0 Å². The summed E-state index contributed by atoms with van der Waals surface area (Å²) >= 11 is 12.3. The van der Waals surface area contributed by atoms with E-state index in [9.17, 15) is 14.3 Å². The number of carboxylic acid groups (broad SMARTS) is 1. The standard InChI is InChI=1S/C24H26Cl2FNO3/c1-14(17-8-18(25)10-19(26)9-17)28-6-4-15(5-7-28)13-31-23-12-22(27)21(24(29)30)11-20(23)16-2-3-16/h8-12,14-16H,2-7,13H2,1H3,(H,29,30)/t14-/m1/s1. The third kappa shape index (κ3) is 5.33. The minimum absolute atomic E-state index is 0.220. The molecule has 1 N–H and O–H groups in total. The molecule has 0 unspecified atom stereocenters. The van der Waals surface area contributed by atoms with Crippen molar-refractivity contribution in [2.45, 2.75) is 44.6 Å². The molecule has 2 aromatic rings. The second-order valence-corrected chi connectivity index (χ2v) is 9.49. The molecule has 4 rings (SSSR count). The smallest absolute Gasteiger partial charge is 0.338 e. The van der Waals surface area contributed by atoms with Gasteiger partial charge in [-0.2, -0.15) is 0 Å². The average molecular weight is 466 g/mol. The van der Waals surface area contributed by atoms with Crippen molar-refractivity contribution in [2.24, 2.45) is 5.92 Å². The zero-order valence-electron chi connectivity index (χ0n) is 17.4. The molecule has 1 aliphatic heterocycles. The lowest BCUT2D eigenvalue weighted by atomic mass is 9.95. The number of hydrogen-bond donors (Lipinski definition) is 1. The molecule has 4 nitrogen and oxygen atoms in total. The highest BCUT2D eigenvalue weighted by atomic mass is 35.5. The van der Waals surface area contributed by atoms with Crippen molar-refractivity contribution in [3.8, 4) is 5.75 Å². The monoisotopic (exact) mass is 465 g/mol. The number of benzene rings is 2. The van der Waals surface area contributed by atoms with Crippen LogP contribution in [-0.4, -0.2) is 35.7 Å². The number of carbonyl (C=O) groups is 1. The summed E-state index contributed by atoms with van der Waals surface area (Å²) in [5.41, 5.74) is 1.65. The van der Waals surface area contributed by atoms with Crippen molar-refractivity contribution < 1.29 is 19.0 Å². The molecule has 31 heavy (non-hydrogen) atoms. The van der Waals surface area contributed by atoms with Crippen molar-refractivity contribution in [3.63, 3.8) is 0 Å². The Kier molecular flexibility index (Phi) is 6.75. The van der Waals surface area contributed by atoms with Gasteiger partial charge in [0.2, 0.25) is 0 Å². The number of aromatic carboxylic acids is 1. The number of nitrogens with zero attached hydrogens (tertiary/aromatic N) is 1. The highest BCUT2D eigenvalue weighted by molar-refractivity contribution is 6.34. The maximum Gasteiger partial charge on any atom is 0.338 e. The first-order valence-electron chi connectivity index (χ1n) is 10.7. The van der Waals surface area contributed by atoms with E-state index in [1.165, 1.54) is 12.1 Å². The summed E-state index contributed by atoms with van der Waals surface area (Å²) in [7, 11) is 0. The molecular weight excluding hydrogens is 440 g/mol. The molecule has 0 amide bonds. The Morgan fingerprint density at radius 3 is 2.35 bits per heavy atom. The van der Waals surface area contributed by atoms with Crippen LogP contribution in [0.3, 0.4) is 0 Å². The van der Waals surface area contributed by atoms with Crippen LogP contribution in [0.4, 0.5) is 4.39 Å². The molecule has 166 valence electrons. The number of carboxylic acids is 1. The van der Waals surface area contributed by atoms with Gasteiger partial charge < -0.3 is 9.84 Å². The van der Waals surface area contributed by atoms with Crippen molar-refractivity contribution in [2.75, 3.05) is 19.7 Å². The Balaban J connectivity index is 1.35. The van der Waals surface area contributed by atoms with E-state index in [2.05, 4.69) is 11.8 Å². The quantitative estimate of drug-likeness (QED) is 0.502. The Morgan fingerprint density at radius 2 is 1.77 bits per heavy atom. The van der Waals surface area contributed by atoms with E-state index in [0.717, 1.165) is 49.9 Å². The second kappa shape index (κ2) is 9.35. The van der Waals surface area contributed by atoms with Gasteiger partial charge in [-0.15, -0.1) is 0 Å². The highest BCUT2D eigenvalue weighted by Crippen LogP contribution is 2.45. The minimum Gasteiger partial charge on any atom is -0.493 e. The van der Waals surface area contributed by atoms with Crippen LogP contribution in [0, 0.1) is 11.7 Å². The molecule has 0 spiro atoms. The second-order valence-electron chi connectivity index (χ2n) is 8.62. The lowest BCUT2D eigenvalue weighted by Gasteiger charge is -2.36. The number of rotatable bonds is 7. The fraction of sp³-hybridized carbons (Fsp3) is 0.458. The van der Waals surface area contributed by atoms with Gasteiger partial charge in [0.25, 0.3) is 0 Å². The Bertz CT molecular complexity index is 951. The maximum atomic E-state index is 14.2. The van der Waals surface area contributed by atoms with E-state index in [4.69, 9.17) is 27.9 Å². The Morgan fingerprint density at radius 1 is 1.13 bits per heavy atom. The molecule has 0 aromatic heterocycles. The lowest BCUT2D eigenvalue weighted by molar-refractivity contribution is 0.0691. The van der Waals surface area contributed by atoms with Gasteiger partial charge in [-0.25, -0.2) is 9.18 Å². The van der Waals surface area contributed by atoms with E-state index < -0.39 is 11.8 Å². The predicted molar refractivity (Wildman–Crippen MR) is 120 cm³/mol. The number of likely N-dealkylation sites (tertiary alicyclic amines) is 1. The zero-order valence-corrected chi connectivity index (χ0v) is 18.9. The van der Waals surface area contributed by atoms with Crippen LogP contribution in [0.15, 0.2) is 30.3 Å². The van der Waals surface area contributed by atoms with E-state index in [1.54, 1.807) is 6.07 Å². The Labute approximate surface area is 191 Å². The summed E-state index contributed by atoms with van der Waals surface area (Å²) in [6.45, 7) is 4.53. The fourth-order valence-corrected chi connectivity index (χ4v) is 4.86. The van der Waals surface area contributed by atoms with E-state index in [1.807, 2.05) is 12.1 Å². The van der Waals surface area contributed by atoms with Crippen LogP contribution < -0.4 is 4.74 Å². The predicted octanol–water partition coefficient (Wildman–Crippen LogP) is 6.56. The van der Waals surface area contributed by atoms with Crippen molar-refractivity contribution in [1.82, 2.24) is 4.90 Å². The molecule has 1 heterocycles. The first-order chi connectivity index (χ1) is 14.8. The van der Waals surface area contributed by atoms with Crippen LogP contribution in [0.5, 0.6) is 5.75 Å². The lowest BCUT2D eigenvalue weighted by Crippen LogP contribution is -2.37. The number of ether oxygens (including phenoxy) is 1. The maximum absolute atomic E-state index is 14.2. The molecule has 2 aliphatic rings. The van der Waals surface area contributed by atoms with Crippen molar-refractivity contribution >= 4 is 29.2 Å². The highest BCUT2D eigenvalue weighted by Gasteiger charge is 2.30. The zero-order chi connectivity index (χ0) is 22.1. The van der Waals surface area contributed by atoms with Crippen LogP contribution in [0.1, 0.15) is 66.1 Å². The minimum atomic E-state index is -1.24. The SMILES string of the molecule is C[C@H](c1cc(Cl)cc(Cl)c1)N1CCC(COc2cc(F)c(C(=O)O)cc2C2CC2)CC1. The molecular formula is C24H26Cl2FNO3. The van der Waals surface area contributed by atoms with Gasteiger partial charge in [0.1, 0.15) is 11.6 Å². The van der Waals surface area contributed by atoms with E-state index in [-0.39, 0.29) is 17.5 Å². The van der Waals surface area contributed by atoms with Crippen molar-refractivity contribution in [3.05, 3.63) is 62.9 Å². The van der Waals surface area contributed by atoms with Gasteiger partial charge in [-0.1, -0.05) is 23.2 Å². The van der Waals surface area contributed by atoms with E-state index in [0.29, 0.717) is 28.3 Å². The van der Waals surface area contributed by atoms with Gasteiger partial charge in [0.15, 0.2) is 0 Å². The molecule has 1 saturated carbocycles. The molecule has 0 bridgehead atoms. The molecule has 1 atom stereocenters. The summed E-state index contributed by atoms with van der Waals surface area (Å²) in [5.74, 6) is -0.833. The van der Waals surface area contributed by atoms with Gasteiger partial charge in [0.05, 0.1) is 12.2 Å². The Hall–Kier alpha value is -1.82. The number of halogens is 3. The topological polar surface area (TPSA) is 49.8 Å². The van der Waals surface area contributed by atoms with Crippen molar-refractivity contribution in [1.29, 1.82) is 0 Å². The summed E-state index contributed by atoms with van der Waals surface area (Å²) in [6, 6.07) is 8.58. The van der Waals surface area contributed by atoms with Crippen LogP contribution in [0.25, 0.3) is 0 Å². The first-order valence-corrected chi connectivity index (χ1v) is 11.5. The molecule has 0 radical (unpaired) electrons. The van der Waals surface area contributed by atoms with Gasteiger partial charge >= 0.3 is 5.97 Å². The molecule has 2 aromatic carbocycles. The van der Waals surface area contributed by atoms with E-state index >= 15 is 0 Å². The van der Waals surface area contributed by atoms with Gasteiger partial charge in [-0.3, -0.25) is 4.90 Å². The first kappa shape index (κ1) is 22.4. The van der Waals surface area contributed by atoms with Crippen LogP contribution in [0.2, 0.25) is 10.0 Å². The van der Waals surface area contributed by atoms with Gasteiger partial charge in [0, 0.05) is 22.2 Å². The number of piperidine rings is 1. The summed E-state index contributed by atoms with van der Waals surface area (Å²) in [5, 5.41) is 10.5.